The van der Waals surface area contributed by atoms with E-state index in [9.17, 15) is 0 Å². The molecule has 0 aliphatic heterocycles. The molecule has 8 heterocycles. The SMILES string of the molecule is CCc1cc[n+](C)c(-c2cc3c(cc2C)C(C)(C)c2ncccc2-3)c1.Cc1cc2c(cc1-c1cc(C(C)C)cc[n+]1C)-c1cccnc1C2(C)C.[2H]C([2H])([2H])C([2H])(C)c1cc[n+](C)c(-c2cc3c(cc2C)C(C)(C)c2ncccc2-3)c1.[2H]C([2H])([2H])C1(C([2H])([2H])[2H])c2cc(C)c(-c3cc(C)cc[n+]3C)cc2-c2cccnc21. The maximum absolute atomic E-state index is 8.49. The molecule has 0 bridgehead atoms. The van der Waals surface area contributed by atoms with Gasteiger partial charge in [-0.05, 0) is 190 Å². The zero-order chi connectivity index (χ0) is 80.5. The highest BCUT2D eigenvalue weighted by Crippen LogP contribution is 2.53. The van der Waals surface area contributed by atoms with Gasteiger partial charge in [0.1, 0.15) is 28.2 Å². The Bertz CT molecular complexity index is 5710. The number of pyridine rings is 8. The van der Waals surface area contributed by atoms with Crippen molar-refractivity contribution in [1.82, 2.24) is 19.9 Å². The van der Waals surface area contributed by atoms with E-state index in [1.165, 1.54) is 114 Å². The Labute approximate surface area is 615 Å². The van der Waals surface area contributed by atoms with Gasteiger partial charge in [-0.3, -0.25) is 19.9 Å². The zero-order valence-corrected chi connectivity index (χ0v) is 62.3. The number of fused-ring (bicyclic) bond motifs is 12. The predicted molar refractivity (Wildman–Crippen MR) is 415 cm³/mol. The van der Waals surface area contributed by atoms with Crippen LogP contribution in [0.5, 0.6) is 0 Å². The van der Waals surface area contributed by atoms with Gasteiger partial charge in [-0.25, -0.2) is 18.3 Å². The fraction of sp³-hybridized carbons (Fsp3) is 0.312. The first-order valence-electron chi connectivity index (χ1n) is 40.4. The second-order valence-electron chi connectivity index (χ2n) is 30.3. The molecule has 1 atom stereocenters. The molecule has 8 aromatic heterocycles. The summed E-state index contributed by atoms with van der Waals surface area (Å²) in [6.45, 7) is 24.1. The Hall–Kier alpha value is -9.92. The lowest BCUT2D eigenvalue weighted by Crippen LogP contribution is -2.31. The summed E-state index contributed by atoms with van der Waals surface area (Å²) in [5, 5.41) is 0. The number of hydrogen-bond acceptors (Lipinski definition) is 4. The van der Waals surface area contributed by atoms with Gasteiger partial charge in [-0.1, -0.05) is 138 Å². The third-order valence-corrected chi connectivity index (χ3v) is 21.9. The second-order valence-corrected chi connectivity index (χ2v) is 30.3. The van der Waals surface area contributed by atoms with Crippen molar-refractivity contribution in [3.05, 3.63) is 285 Å². The van der Waals surface area contributed by atoms with E-state index in [4.69, 9.17) is 23.7 Å². The number of rotatable bonds is 7. The molecule has 16 rings (SSSR count). The normalized spacial score (nSPS) is 16.8. The largest absolute Gasteiger partial charge is 0.260 e. The quantitative estimate of drug-likeness (QED) is 0.149. The number of hydrogen-bond donors (Lipinski definition) is 0. The van der Waals surface area contributed by atoms with Crippen LogP contribution in [0.25, 0.3) is 89.5 Å². The van der Waals surface area contributed by atoms with Crippen LogP contribution < -0.4 is 18.3 Å². The highest BCUT2D eigenvalue weighted by atomic mass is 14.9. The van der Waals surface area contributed by atoms with E-state index in [2.05, 4.69) is 214 Å². The van der Waals surface area contributed by atoms with Crippen molar-refractivity contribution in [3.63, 3.8) is 0 Å². The minimum absolute atomic E-state index is 0.0390. The van der Waals surface area contributed by atoms with Crippen LogP contribution in [0.15, 0.2) is 195 Å². The summed E-state index contributed by atoms with van der Waals surface area (Å²) < 4.78 is 90.0. The molecule has 0 fully saturated rings. The molecule has 0 saturated heterocycles. The van der Waals surface area contributed by atoms with Crippen molar-refractivity contribution in [2.45, 2.75) is 164 Å². The Morgan fingerprint density at radius 3 is 1.04 bits per heavy atom. The van der Waals surface area contributed by atoms with Crippen molar-refractivity contribution in [2.24, 2.45) is 28.2 Å². The second kappa shape index (κ2) is 26.2. The lowest BCUT2D eigenvalue weighted by Gasteiger charge is -2.21. The van der Waals surface area contributed by atoms with Crippen molar-refractivity contribution in [1.29, 1.82) is 0 Å². The van der Waals surface area contributed by atoms with Crippen LogP contribution in [0.3, 0.4) is 0 Å². The molecule has 0 radical (unpaired) electrons. The monoisotopic (exact) mass is 1340 g/mol. The van der Waals surface area contributed by atoms with Crippen LogP contribution in [0.4, 0.5) is 0 Å². The molecular formula is C93H102N8+4. The fourth-order valence-electron chi connectivity index (χ4n) is 15.8. The first-order chi connectivity index (χ1) is 52.0. The van der Waals surface area contributed by atoms with Gasteiger partial charge in [0.25, 0.3) is 0 Å². The van der Waals surface area contributed by atoms with Crippen LogP contribution >= 0.6 is 0 Å². The average molecular weight is 1340 g/mol. The topological polar surface area (TPSA) is 67.1 Å². The van der Waals surface area contributed by atoms with Gasteiger partial charge in [0.05, 0.1) is 22.8 Å². The molecule has 12 aromatic rings. The lowest BCUT2D eigenvalue weighted by molar-refractivity contribution is -0.660. The first-order valence-corrected chi connectivity index (χ1v) is 35.4. The predicted octanol–water partition coefficient (Wildman–Crippen LogP) is 19.9. The molecule has 8 nitrogen and oxygen atoms in total. The van der Waals surface area contributed by atoms with Gasteiger partial charge in [-0.15, -0.1) is 0 Å². The van der Waals surface area contributed by atoms with E-state index in [-0.39, 0.29) is 21.9 Å². The Kier molecular flexibility index (Phi) is 15.0. The van der Waals surface area contributed by atoms with Gasteiger partial charge in [0, 0.05) is 153 Å². The molecule has 0 amide bonds. The van der Waals surface area contributed by atoms with Crippen LogP contribution in [0.2, 0.25) is 0 Å². The number of benzene rings is 4. The van der Waals surface area contributed by atoms with Crippen LogP contribution in [-0.2, 0) is 56.3 Å². The summed E-state index contributed by atoms with van der Waals surface area (Å²) >= 11 is 0. The highest BCUT2D eigenvalue weighted by molar-refractivity contribution is 5.88. The molecule has 101 heavy (non-hydrogen) atoms. The molecule has 4 aliphatic carbocycles. The molecule has 510 valence electrons. The van der Waals surface area contributed by atoms with Crippen LogP contribution in [0.1, 0.15) is 205 Å². The molecule has 4 aliphatic rings. The summed E-state index contributed by atoms with van der Waals surface area (Å²) in [5.41, 5.74) is 32.1. The van der Waals surface area contributed by atoms with Crippen molar-refractivity contribution >= 4 is 0 Å². The number of aryl methyl sites for hydroxylation is 10. The summed E-state index contributed by atoms with van der Waals surface area (Å²) in [5.74, 6) is -1.16. The molecular weight excluding hydrogens is 1230 g/mol. The van der Waals surface area contributed by atoms with Gasteiger partial charge in [0.15, 0.2) is 24.8 Å². The molecule has 8 heteroatoms. The maximum Gasteiger partial charge on any atom is 0.212 e. The number of nitrogens with zero attached hydrogens (tertiary/aromatic N) is 8. The third kappa shape index (κ3) is 12.1. The third-order valence-electron chi connectivity index (χ3n) is 21.9. The standard InChI is InChI=1S/2C24H27N2.C23H25N2.C22H23N2/c2*1-15(2)17-9-11-26(6)22(13-17)19-14-20-18-8-7-10-25-23(18)24(4,5)21(20)12-16(19)3;1-6-16-9-11-25(5)21(13-16)18-14-19-17-8-7-10-24-22(17)23(3,4)20(19)12-15(18)2;1-14-8-10-24(5)20(11-14)17-13-18-16-7-6-9-23-21(16)22(3,4)19(18)12-15(17)2/h2*7-15H,1-6H3;7-14H,6H2,1-5H3;6-13H,1-5H3/q4*+1/i1D3,15D;;;3D3,4D3. The van der Waals surface area contributed by atoms with E-state index >= 15 is 0 Å². The molecule has 0 spiro atoms. The van der Waals surface area contributed by atoms with E-state index in [1.54, 1.807) is 24.3 Å². The summed E-state index contributed by atoms with van der Waals surface area (Å²) in [6, 6.07) is 50.3. The fourth-order valence-corrected chi connectivity index (χ4v) is 15.8. The summed E-state index contributed by atoms with van der Waals surface area (Å²) in [6.07, 6.45) is 16.3. The van der Waals surface area contributed by atoms with E-state index in [0.29, 0.717) is 28.2 Å². The molecule has 0 saturated carbocycles. The van der Waals surface area contributed by atoms with E-state index < -0.39 is 31.9 Å². The van der Waals surface area contributed by atoms with Crippen LogP contribution in [-0.4, -0.2) is 19.9 Å². The maximum atomic E-state index is 8.49. The van der Waals surface area contributed by atoms with Crippen LogP contribution in [0, 0.1) is 34.6 Å². The number of aromatic nitrogens is 8. The lowest BCUT2D eigenvalue weighted by atomic mass is 9.83. The Morgan fingerprint density at radius 2 is 0.683 bits per heavy atom. The van der Waals surface area contributed by atoms with E-state index in [1.807, 2.05) is 104 Å². The summed E-state index contributed by atoms with van der Waals surface area (Å²) in [4.78, 5) is 18.4. The van der Waals surface area contributed by atoms with Crippen molar-refractivity contribution < 1.29 is 32.0 Å². The minimum atomic E-state index is -2.80. The van der Waals surface area contributed by atoms with Gasteiger partial charge >= 0.3 is 0 Å². The summed E-state index contributed by atoms with van der Waals surface area (Å²) in [7, 11) is 8.15. The van der Waals surface area contributed by atoms with Gasteiger partial charge in [-0.2, -0.15) is 0 Å². The van der Waals surface area contributed by atoms with Crippen molar-refractivity contribution in [2.75, 3.05) is 0 Å². The first kappa shape index (κ1) is 57.8. The van der Waals surface area contributed by atoms with Gasteiger partial charge in [0.2, 0.25) is 22.8 Å². The molecule has 1 unspecified atom stereocenters. The minimum Gasteiger partial charge on any atom is -0.260 e. The van der Waals surface area contributed by atoms with Gasteiger partial charge < -0.3 is 0 Å². The molecule has 4 aromatic carbocycles. The molecule has 0 N–H and O–H groups in total. The Morgan fingerprint density at radius 1 is 0.366 bits per heavy atom. The Balaban J connectivity index is 0.000000130. The average Bonchev–Trinajstić information content (AvgIpc) is 1.53. The van der Waals surface area contributed by atoms with Crippen molar-refractivity contribution in [3.8, 4) is 89.5 Å². The zero-order valence-electron chi connectivity index (χ0n) is 72.3. The smallest absolute Gasteiger partial charge is 0.212 e. The highest BCUT2D eigenvalue weighted by Gasteiger charge is 2.42. The van der Waals surface area contributed by atoms with E-state index in [0.717, 1.165) is 56.9 Å².